The van der Waals surface area contributed by atoms with E-state index < -0.39 is 0 Å². The first-order valence-electron chi connectivity index (χ1n) is 6.91. The van der Waals surface area contributed by atoms with Crippen molar-refractivity contribution in [2.75, 3.05) is 12.8 Å². The minimum absolute atomic E-state index is 0.0823. The van der Waals surface area contributed by atoms with Gasteiger partial charge in [0.15, 0.2) is 0 Å². The van der Waals surface area contributed by atoms with Crippen LogP contribution in [0.5, 0.6) is 0 Å². The number of anilines is 1. The van der Waals surface area contributed by atoms with E-state index in [0.717, 1.165) is 33.8 Å². The lowest BCUT2D eigenvalue weighted by atomic mass is 10.2. The van der Waals surface area contributed by atoms with E-state index in [1.807, 2.05) is 18.2 Å². The first-order chi connectivity index (χ1) is 10.1. The molecule has 1 aromatic heterocycles. The molecule has 112 valence electrons. The fourth-order valence-corrected chi connectivity index (χ4v) is 4.23. The summed E-state index contributed by atoms with van der Waals surface area (Å²) in [5, 5.41) is 3.99. The summed E-state index contributed by atoms with van der Waals surface area (Å²) in [5.74, 6) is -0.0984. The summed E-state index contributed by atoms with van der Waals surface area (Å²) in [6.07, 6.45) is 3.15. The van der Waals surface area contributed by atoms with E-state index in [-0.39, 0.29) is 18.1 Å². The Labute approximate surface area is 135 Å². The fraction of sp³-hybridized carbons (Fsp3) is 0.400. The highest BCUT2D eigenvalue weighted by Gasteiger charge is 2.29. The molecule has 1 fully saturated rings. The second kappa shape index (κ2) is 5.94. The maximum Gasteiger partial charge on any atom is 0.263 e. The third-order valence-corrected chi connectivity index (χ3v) is 5.65. The van der Waals surface area contributed by atoms with Crippen LogP contribution in [-0.4, -0.2) is 25.2 Å². The van der Waals surface area contributed by atoms with Gasteiger partial charge in [0, 0.05) is 21.7 Å². The number of nitrogen functional groups attached to an aromatic ring is 1. The Morgan fingerprint density at radius 2 is 2.29 bits per heavy atom. The number of ether oxygens (including phenoxy) is 1. The molecule has 1 aromatic carbocycles. The molecular formula is C15H17BrN2O2S. The van der Waals surface area contributed by atoms with Gasteiger partial charge in [0.2, 0.25) is 0 Å². The Morgan fingerprint density at radius 1 is 1.48 bits per heavy atom. The molecule has 1 aliphatic carbocycles. The Balaban J connectivity index is 1.86. The lowest BCUT2D eigenvalue weighted by Gasteiger charge is -2.19. The maximum atomic E-state index is 12.5. The summed E-state index contributed by atoms with van der Waals surface area (Å²) in [4.78, 5) is 13.1. The van der Waals surface area contributed by atoms with Gasteiger partial charge in [0.05, 0.1) is 17.8 Å². The van der Waals surface area contributed by atoms with Gasteiger partial charge < -0.3 is 15.8 Å². The number of benzene rings is 1. The van der Waals surface area contributed by atoms with Crippen LogP contribution in [0.1, 0.15) is 28.9 Å². The van der Waals surface area contributed by atoms with Crippen molar-refractivity contribution in [3.05, 3.63) is 27.5 Å². The summed E-state index contributed by atoms with van der Waals surface area (Å²) in [6.45, 7) is 0. The van der Waals surface area contributed by atoms with Gasteiger partial charge in [-0.15, -0.1) is 11.3 Å². The normalized spacial score (nSPS) is 21.8. The standard InChI is InChI=1S/C15H17BrN2O2S/c1-20-11-4-2-3-10(11)18-15(19)14-13(17)9-7-8(16)5-6-12(9)21-14/h5-7,10-11H,2-4,17H2,1H3,(H,18,19). The van der Waals surface area contributed by atoms with Crippen molar-refractivity contribution in [1.29, 1.82) is 0 Å². The summed E-state index contributed by atoms with van der Waals surface area (Å²) >= 11 is 4.87. The van der Waals surface area contributed by atoms with Gasteiger partial charge in [-0.2, -0.15) is 0 Å². The van der Waals surface area contributed by atoms with Gasteiger partial charge in [-0.25, -0.2) is 0 Å². The average molecular weight is 369 g/mol. The van der Waals surface area contributed by atoms with Gasteiger partial charge in [-0.1, -0.05) is 15.9 Å². The largest absolute Gasteiger partial charge is 0.397 e. The monoisotopic (exact) mass is 368 g/mol. The third-order valence-electron chi connectivity index (χ3n) is 3.97. The van der Waals surface area contributed by atoms with Crippen molar-refractivity contribution < 1.29 is 9.53 Å². The molecule has 0 aliphatic heterocycles. The van der Waals surface area contributed by atoms with Crippen LogP contribution in [0.3, 0.4) is 0 Å². The van der Waals surface area contributed by atoms with E-state index in [1.54, 1.807) is 7.11 Å². The fourth-order valence-electron chi connectivity index (χ4n) is 2.86. The number of nitrogens with two attached hydrogens (primary N) is 1. The number of halogens is 1. The zero-order chi connectivity index (χ0) is 15.0. The molecule has 0 saturated heterocycles. The predicted molar refractivity (Wildman–Crippen MR) is 89.8 cm³/mol. The molecule has 3 rings (SSSR count). The van der Waals surface area contributed by atoms with E-state index in [9.17, 15) is 4.79 Å². The number of hydrogen-bond acceptors (Lipinski definition) is 4. The van der Waals surface area contributed by atoms with Crippen molar-refractivity contribution in [3.63, 3.8) is 0 Å². The van der Waals surface area contributed by atoms with Crippen LogP contribution < -0.4 is 11.1 Å². The molecule has 2 aromatic rings. The van der Waals surface area contributed by atoms with Gasteiger partial charge in [0.1, 0.15) is 4.88 Å². The number of carbonyl (C=O) groups is 1. The summed E-state index contributed by atoms with van der Waals surface area (Å²) in [7, 11) is 1.69. The highest BCUT2D eigenvalue weighted by Crippen LogP contribution is 2.35. The van der Waals surface area contributed by atoms with Crippen molar-refractivity contribution in [3.8, 4) is 0 Å². The molecule has 1 aliphatic rings. The highest BCUT2D eigenvalue weighted by molar-refractivity contribution is 9.10. The predicted octanol–water partition coefficient (Wildman–Crippen LogP) is 3.54. The molecule has 0 spiro atoms. The van der Waals surface area contributed by atoms with Crippen LogP contribution >= 0.6 is 27.3 Å². The maximum absolute atomic E-state index is 12.5. The first-order valence-corrected chi connectivity index (χ1v) is 8.52. The number of amides is 1. The number of fused-ring (bicyclic) bond motifs is 1. The van der Waals surface area contributed by atoms with Crippen LogP contribution in [-0.2, 0) is 4.74 Å². The second-order valence-electron chi connectivity index (χ2n) is 5.27. The van der Waals surface area contributed by atoms with Crippen LogP contribution in [0.25, 0.3) is 10.1 Å². The molecule has 2 unspecified atom stereocenters. The molecule has 1 amide bonds. The highest BCUT2D eigenvalue weighted by atomic mass is 79.9. The summed E-state index contributed by atoms with van der Waals surface area (Å²) < 4.78 is 7.40. The minimum Gasteiger partial charge on any atom is -0.397 e. The molecule has 3 N–H and O–H groups in total. The number of nitrogens with one attached hydrogen (secondary N) is 1. The number of hydrogen-bond donors (Lipinski definition) is 2. The summed E-state index contributed by atoms with van der Waals surface area (Å²) in [5.41, 5.74) is 6.70. The second-order valence-corrected chi connectivity index (χ2v) is 7.24. The van der Waals surface area contributed by atoms with Crippen molar-refractivity contribution in [2.45, 2.75) is 31.4 Å². The van der Waals surface area contributed by atoms with Gasteiger partial charge in [-0.05, 0) is 37.5 Å². The number of rotatable bonds is 3. The van der Waals surface area contributed by atoms with Crippen LogP contribution in [0, 0.1) is 0 Å². The van der Waals surface area contributed by atoms with Gasteiger partial charge >= 0.3 is 0 Å². The van der Waals surface area contributed by atoms with Crippen molar-refractivity contribution in [2.24, 2.45) is 0 Å². The zero-order valence-electron chi connectivity index (χ0n) is 11.7. The van der Waals surface area contributed by atoms with Gasteiger partial charge in [0.25, 0.3) is 5.91 Å². The Morgan fingerprint density at radius 3 is 3.05 bits per heavy atom. The van der Waals surface area contributed by atoms with E-state index in [2.05, 4.69) is 21.2 Å². The zero-order valence-corrected chi connectivity index (χ0v) is 14.1. The average Bonchev–Trinajstić information content (AvgIpc) is 3.04. The summed E-state index contributed by atoms with van der Waals surface area (Å²) in [6, 6.07) is 5.97. The van der Waals surface area contributed by atoms with E-state index in [0.29, 0.717) is 10.6 Å². The van der Waals surface area contributed by atoms with E-state index >= 15 is 0 Å². The van der Waals surface area contributed by atoms with Crippen LogP contribution in [0.4, 0.5) is 5.69 Å². The molecule has 1 saturated carbocycles. The molecular weight excluding hydrogens is 352 g/mol. The number of thiophene rings is 1. The molecule has 6 heteroatoms. The quantitative estimate of drug-likeness (QED) is 0.870. The molecule has 0 radical (unpaired) electrons. The third kappa shape index (κ3) is 2.80. The lowest BCUT2D eigenvalue weighted by molar-refractivity contribution is 0.0725. The first kappa shape index (κ1) is 14.8. The number of carbonyl (C=O) groups excluding carboxylic acids is 1. The van der Waals surface area contributed by atoms with Crippen LogP contribution in [0.2, 0.25) is 0 Å². The van der Waals surface area contributed by atoms with E-state index in [1.165, 1.54) is 11.3 Å². The molecule has 1 heterocycles. The SMILES string of the molecule is COC1CCCC1NC(=O)c1sc2ccc(Br)cc2c1N. The lowest BCUT2D eigenvalue weighted by Crippen LogP contribution is -2.40. The minimum atomic E-state index is -0.0984. The van der Waals surface area contributed by atoms with Gasteiger partial charge in [-0.3, -0.25) is 4.79 Å². The number of methoxy groups -OCH3 is 1. The van der Waals surface area contributed by atoms with Crippen molar-refractivity contribution >= 4 is 48.9 Å². The Kier molecular flexibility index (Phi) is 4.19. The van der Waals surface area contributed by atoms with E-state index in [4.69, 9.17) is 10.5 Å². The molecule has 2 atom stereocenters. The van der Waals surface area contributed by atoms with Crippen molar-refractivity contribution in [1.82, 2.24) is 5.32 Å². The molecule has 21 heavy (non-hydrogen) atoms. The molecule has 0 bridgehead atoms. The van der Waals surface area contributed by atoms with Crippen LogP contribution in [0.15, 0.2) is 22.7 Å². The Hall–Kier alpha value is -1.11. The Bertz CT molecular complexity index is 686. The smallest absolute Gasteiger partial charge is 0.263 e. The topological polar surface area (TPSA) is 64.3 Å². The molecule has 4 nitrogen and oxygen atoms in total.